The summed E-state index contributed by atoms with van der Waals surface area (Å²) >= 11 is 0. The van der Waals surface area contributed by atoms with E-state index in [1.807, 2.05) is 0 Å². The Bertz CT molecular complexity index is 477. The van der Waals surface area contributed by atoms with Crippen LogP contribution in [0.5, 0.6) is 0 Å². The zero-order chi connectivity index (χ0) is 15.1. The fourth-order valence-corrected chi connectivity index (χ4v) is 1.46. The molecule has 1 amide bonds. The van der Waals surface area contributed by atoms with Crippen molar-refractivity contribution in [2.24, 2.45) is 4.99 Å². The monoisotopic (exact) mass is 281 g/mol. The standard InChI is InChI=1S/C14H20FN3O2/c1-9(15)5-6-10(2)17-14(19)11(3)18-13-12(4)20-8-7-16-13/h5-6,11H,4,7-8H2,1-3H3,(H,16,18)(H,17,19)/b9-5+,10-6+. The van der Waals surface area contributed by atoms with Crippen molar-refractivity contribution >= 4 is 11.7 Å². The molecule has 5 nitrogen and oxygen atoms in total. The second-order valence-corrected chi connectivity index (χ2v) is 4.46. The van der Waals surface area contributed by atoms with Crippen LogP contribution >= 0.6 is 0 Å². The summed E-state index contributed by atoms with van der Waals surface area (Å²) in [6, 6.07) is -0.508. The summed E-state index contributed by atoms with van der Waals surface area (Å²) in [6.45, 7) is 9.47. The van der Waals surface area contributed by atoms with Crippen molar-refractivity contribution < 1.29 is 13.9 Å². The zero-order valence-electron chi connectivity index (χ0n) is 12.0. The Morgan fingerprint density at radius 1 is 1.50 bits per heavy atom. The predicted octanol–water partition coefficient (Wildman–Crippen LogP) is 1.80. The summed E-state index contributed by atoms with van der Waals surface area (Å²) in [7, 11) is 0. The molecular weight excluding hydrogens is 261 g/mol. The van der Waals surface area contributed by atoms with Gasteiger partial charge in [0.15, 0.2) is 11.6 Å². The van der Waals surface area contributed by atoms with Gasteiger partial charge in [0.05, 0.1) is 12.4 Å². The summed E-state index contributed by atoms with van der Waals surface area (Å²) < 4.78 is 17.8. The zero-order valence-corrected chi connectivity index (χ0v) is 12.0. The molecule has 1 aliphatic heterocycles. The van der Waals surface area contributed by atoms with Crippen molar-refractivity contribution in [3.05, 3.63) is 36.0 Å². The third kappa shape index (κ3) is 5.26. The first-order chi connectivity index (χ1) is 9.40. The minimum absolute atomic E-state index is 0.246. The van der Waals surface area contributed by atoms with E-state index in [-0.39, 0.29) is 11.7 Å². The maximum Gasteiger partial charge on any atom is 0.246 e. The van der Waals surface area contributed by atoms with Crippen molar-refractivity contribution in [3.63, 3.8) is 0 Å². The molecule has 20 heavy (non-hydrogen) atoms. The lowest BCUT2D eigenvalue weighted by atomic mass is 10.2. The van der Waals surface area contributed by atoms with Crippen molar-refractivity contribution in [1.29, 1.82) is 0 Å². The van der Waals surface area contributed by atoms with Crippen molar-refractivity contribution in [3.8, 4) is 0 Å². The number of aliphatic imine (C=N–C) groups is 1. The van der Waals surface area contributed by atoms with Gasteiger partial charge >= 0.3 is 0 Å². The predicted molar refractivity (Wildman–Crippen MR) is 76.8 cm³/mol. The van der Waals surface area contributed by atoms with E-state index >= 15 is 0 Å². The Balaban J connectivity index is 2.55. The van der Waals surface area contributed by atoms with Gasteiger partial charge in [0.2, 0.25) is 5.91 Å². The number of carbonyl (C=O) groups is 1. The maximum atomic E-state index is 12.6. The molecule has 0 radical (unpaired) electrons. The lowest BCUT2D eigenvalue weighted by molar-refractivity contribution is -0.121. The normalized spacial score (nSPS) is 18.0. The molecule has 1 atom stereocenters. The molecule has 2 N–H and O–H groups in total. The molecule has 0 saturated heterocycles. The van der Waals surface area contributed by atoms with Crippen LogP contribution in [0.1, 0.15) is 20.8 Å². The Morgan fingerprint density at radius 3 is 2.80 bits per heavy atom. The summed E-state index contributed by atoms with van der Waals surface area (Å²) in [5.41, 5.74) is 0.557. The highest BCUT2D eigenvalue weighted by molar-refractivity contribution is 5.99. The quantitative estimate of drug-likeness (QED) is 0.772. The first-order valence-electron chi connectivity index (χ1n) is 6.34. The molecular formula is C14H20FN3O2. The van der Waals surface area contributed by atoms with E-state index in [4.69, 9.17) is 4.74 Å². The van der Waals surface area contributed by atoms with Crippen LogP contribution in [0, 0.1) is 0 Å². The number of amidine groups is 1. The number of allylic oxidation sites excluding steroid dienone is 4. The third-order valence-electron chi connectivity index (χ3n) is 2.53. The number of rotatable bonds is 4. The van der Waals surface area contributed by atoms with Crippen LogP contribution in [0.2, 0.25) is 0 Å². The molecule has 110 valence electrons. The number of carbonyl (C=O) groups excluding carboxylic acids is 1. The van der Waals surface area contributed by atoms with Crippen LogP contribution < -0.4 is 10.6 Å². The van der Waals surface area contributed by atoms with Crippen LogP contribution in [0.25, 0.3) is 0 Å². The molecule has 0 fully saturated rings. The number of hydrogen-bond donors (Lipinski definition) is 2. The Labute approximate surface area is 118 Å². The Morgan fingerprint density at radius 2 is 2.20 bits per heavy atom. The van der Waals surface area contributed by atoms with Gasteiger partial charge in [0, 0.05) is 5.70 Å². The second kappa shape index (κ2) is 7.47. The van der Waals surface area contributed by atoms with Gasteiger partial charge < -0.3 is 15.4 Å². The van der Waals surface area contributed by atoms with Crippen LogP contribution in [-0.2, 0) is 9.53 Å². The molecule has 1 rings (SSSR count). The highest BCUT2D eigenvalue weighted by Gasteiger charge is 2.18. The average molecular weight is 281 g/mol. The smallest absolute Gasteiger partial charge is 0.246 e. The number of nitrogens with one attached hydrogen (secondary N) is 2. The van der Waals surface area contributed by atoms with Gasteiger partial charge in [-0.3, -0.25) is 9.79 Å². The van der Waals surface area contributed by atoms with Crippen LogP contribution in [0.4, 0.5) is 4.39 Å². The average Bonchev–Trinajstić information content (AvgIpc) is 2.39. The minimum Gasteiger partial charge on any atom is -0.488 e. The van der Waals surface area contributed by atoms with Crippen molar-refractivity contribution in [2.75, 3.05) is 13.2 Å². The van der Waals surface area contributed by atoms with E-state index in [1.54, 1.807) is 13.8 Å². The second-order valence-electron chi connectivity index (χ2n) is 4.46. The molecule has 0 saturated carbocycles. The summed E-state index contributed by atoms with van der Waals surface area (Å²) in [5.74, 6) is 0.346. The molecule has 1 heterocycles. The molecule has 6 heteroatoms. The molecule has 1 unspecified atom stereocenters. The lowest BCUT2D eigenvalue weighted by Gasteiger charge is -2.21. The van der Waals surface area contributed by atoms with Crippen LogP contribution in [-0.4, -0.2) is 30.9 Å². The molecule has 0 aliphatic carbocycles. The maximum absolute atomic E-state index is 12.6. The Hall–Kier alpha value is -2.11. The van der Waals surface area contributed by atoms with E-state index in [9.17, 15) is 9.18 Å². The number of halogens is 1. The van der Waals surface area contributed by atoms with Gasteiger partial charge in [0.1, 0.15) is 12.6 Å². The van der Waals surface area contributed by atoms with E-state index in [0.29, 0.717) is 30.4 Å². The van der Waals surface area contributed by atoms with Gasteiger partial charge in [-0.2, -0.15) is 0 Å². The highest BCUT2D eigenvalue weighted by Crippen LogP contribution is 2.03. The largest absolute Gasteiger partial charge is 0.488 e. The minimum atomic E-state index is -0.508. The van der Waals surface area contributed by atoms with Gasteiger partial charge in [-0.1, -0.05) is 6.58 Å². The van der Waals surface area contributed by atoms with Crippen LogP contribution in [0.3, 0.4) is 0 Å². The summed E-state index contributed by atoms with van der Waals surface area (Å²) in [4.78, 5) is 16.1. The fourth-order valence-electron chi connectivity index (χ4n) is 1.46. The first-order valence-corrected chi connectivity index (χ1v) is 6.34. The van der Waals surface area contributed by atoms with E-state index in [2.05, 4.69) is 22.2 Å². The molecule has 0 aromatic heterocycles. The molecule has 0 aromatic carbocycles. The van der Waals surface area contributed by atoms with Gasteiger partial charge in [-0.05, 0) is 32.9 Å². The summed E-state index contributed by atoms with van der Waals surface area (Å²) in [6.07, 6.45) is 2.79. The third-order valence-corrected chi connectivity index (χ3v) is 2.53. The molecule has 0 bridgehead atoms. The SMILES string of the molecule is C=C1OCCN=C1NC(C)C(=O)N/C(C)=C/C=C(\C)F. The lowest BCUT2D eigenvalue weighted by Crippen LogP contribution is -2.45. The van der Waals surface area contributed by atoms with Crippen LogP contribution in [0.15, 0.2) is 41.0 Å². The van der Waals surface area contributed by atoms with Crippen molar-refractivity contribution in [1.82, 2.24) is 10.6 Å². The van der Waals surface area contributed by atoms with Gasteiger partial charge in [-0.15, -0.1) is 0 Å². The highest BCUT2D eigenvalue weighted by atomic mass is 19.1. The number of nitrogens with zero attached hydrogens (tertiary/aromatic N) is 1. The number of amides is 1. The fraction of sp³-hybridized carbons (Fsp3) is 0.429. The number of ether oxygens (including phenoxy) is 1. The van der Waals surface area contributed by atoms with Crippen molar-refractivity contribution in [2.45, 2.75) is 26.8 Å². The summed E-state index contributed by atoms with van der Waals surface area (Å²) in [5, 5.41) is 5.60. The topological polar surface area (TPSA) is 62.7 Å². The van der Waals surface area contributed by atoms with Gasteiger partial charge in [0.25, 0.3) is 0 Å². The molecule has 0 spiro atoms. The molecule has 1 aliphatic rings. The first kappa shape index (κ1) is 15.9. The number of hydrogen-bond acceptors (Lipinski definition) is 4. The van der Waals surface area contributed by atoms with Gasteiger partial charge in [-0.25, -0.2) is 4.39 Å². The van der Waals surface area contributed by atoms with E-state index < -0.39 is 6.04 Å². The molecule has 0 aromatic rings. The Kier molecular flexibility index (Phi) is 5.96. The van der Waals surface area contributed by atoms with E-state index in [1.165, 1.54) is 19.1 Å². The van der Waals surface area contributed by atoms with E-state index in [0.717, 1.165) is 0 Å².